The number of fused-ring (bicyclic) bond motifs is 1. The average Bonchev–Trinajstić information content (AvgIpc) is 3.33. The molecule has 3 aromatic rings. The van der Waals surface area contributed by atoms with E-state index in [1.165, 1.54) is 12.1 Å². The summed E-state index contributed by atoms with van der Waals surface area (Å²) >= 11 is 0. The zero-order valence-electron chi connectivity index (χ0n) is 21.9. The minimum absolute atomic E-state index is 0.0254. The van der Waals surface area contributed by atoms with E-state index in [1.54, 1.807) is 18.3 Å². The number of aromatic nitrogens is 1. The highest BCUT2D eigenvalue weighted by molar-refractivity contribution is 5.94. The molecule has 11 heteroatoms. The maximum absolute atomic E-state index is 13.6. The van der Waals surface area contributed by atoms with E-state index in [1.807, 2.05) is 38.1 Å². The van der Waals surface area contributed by atoms with Gasteiger partial charge in [0.25, 0.3) is 0 Å². The third kappa shape index (κ3) is 8.05. The Balaban J connectivity index is 1.87. The SMILES string of the molecule is CCC(C)C(N)C(=O)NC(Cc1c[nH]c2ccccc12)C(=O)NC(Cc1ccc(O)cc1)C(=O)NCC(=O)O. The summed E-state index contributed by atoms with van der Waals surface area (Å²) in [4.78, 5) is 53.6. The number of rotatable bonds is 13. The van der Waals surface area contributed by atoms with Crippen molar-refractivity contribution in [1.82, 2.24) is 20.9 Å². The molecule has 0 aliphatic carbocycles. The van der Waals surface area contributed by atoms with Crippen LogP contribution in [0.15, 0.2) is 54.7 Å². The van der Waals surface area contributed by atoms with E-state index in [4.69, 9.17) is 10.8 Å². The molecule has 4 atom stereocenters. The van der Waals surface area contributed by atoms with Crippen LogP contribution < -0.4 is 21.7 Å². The lowest BCUT2D eigenvalue weighted by molar-refractivity contribution is -0.138. The molecular formula is C28H35N5O6. The van der Waals surface area contributed by atoms with Crippen molar-refractivity contribution in [3.8, 4) is 5.75 Å². The predicted octanol–water partition coefficient (Wildman–Crippen LogP) is 1.20. The van der Waals surface area contributed by atoms with E-state index in [9.17, 15) is 24.3 Å². The molecule has 0 aliphatic rings. The van der Waals surface area contributed by atoms with Crippen LogP contribution >= 0.6 is 0 Å². The van der Waals surface area contributed by atoms with Crippen molar-refractivity contribution >= 4 is 34.6 Å². The Morgan fingerprint density at radius 1 is 0.923 bits per heavy atom. The van der Waals surface area contributed by atoms with Gasteiger partial charge in [-0.25, -0.2) is 0 Å². The summed E-state index contributed by atoms with van der Waals surface area (Å²) in [5.74, 6) is -3.14. The number of H-pyrrole nitrogens is 1. The maximum atomic E-state index is 13.6. The van der Waals surface area contributed by atoms with Crippen molar-refractivity contribution in [3.05, 3.63) is 65.9 Å². The summed E-state index contributed by atoms with van der Waals surface area (Å²) in [5, 5.41) is 27.2. The van der Waals surface area contributed by atoms with Gasteiger partial charge in [0.15, 0.2) is 0 Å². The second-order valence-electron chi connectivity index (χ2n) is 9.58. The number of aliphatic carboxylic acids is 1. The fraction of sp³-hybridized carbons (Fsp3) is 0.357. The number of phenolic OH excluding ortho intramolecular Hbond substituents is 1. The van der Waals surface area contributed by atoms with Crippen molar-refractivity contribution in [2.24, 2.45) is 11.7 Å². The first-order valence-electron chi connectivity index (χ1n) is 12.8. The van der Waals surface area contributed by atoms with E-state index >= 15 is 0 Å². The Kier molecular flexibility index (Phi) is 10.0. The summed E-state index contributed by atoms with van der Waals surface area (Å²) in [6.45, 7) is 3.14. The number of aromatic amines is 1. The summed E-state index contributed by atoms with van der Waals surface area (Å²) in [7, 11) is 0. The number of hydrogen-bond donors (Lipinski definition) is 7. The van der Waals surface area contributed by atoms with Gasteiger partial charge < -0.3 is 36.9 Å². The molecule has 11 nitrogen and oxygen atoms in total. The molecule has 208 valence electrons. The number of nitrogens with two attached hydrogens (primary N) is 1. The van der Waals surface area contributed by atoms with Gasteiger partial charge in [-0.3, -0.25) is 19.2 Å². The van der Waals surface area contributed by atoms with Gasteiger partial charge in [0.2, 0.25) is 17.7 Å². The summed E-state index contributed by atoms with van der Waals surface area (Å²) in [5.41, 5.74) is 8.40. The molecule has 3 amide bonds. The molecule has 3 rings (SSSR count). The van der Waals surface area contributed by atoms with Crippen LogP contribution in [-0.2, 0) is 32.0 Å². The Bertz CT molecular complexity index is 1310. The second-order valence-corrected chi connectivity index (χ2v) is 9.58. The lowest BCUT2D eigenvalue weighted by Gasteiger charge is -2.25. The van der Waals surface area contributed by atoms with E-state index < -0.39 is 48.4 Å². The lowest BCUT2D eigenvalue weighted by Crippen LogP contribution is -2.57. The van der Waals surface area contributed by atoms with Gasteiger partial charge in [-0.15, -0.1) is 0 Å². The molecule has 0 aliphatic heterocycles. The minimum atomic E-state index is -1.23. The zero-order chi connectivity index (χ0) is 28.5. The standard InChI is InChI=1S/C28H35N5O6/c1-3-16(2)25(29)28(39)33-23(13-18-14-30-21-7-5-4-6-20(18)21)27(38)32-22(26(37)31-15-24(35)36)12-17-8-10-19(34)11-9-17/h4-11,14,16,22-23,25,30,34H,3,12-13,15,29H2,1-2H3,(H,31,37)(H,32,38)(H,33,39)(H,35,36). The van der Waals surface area contributed by atoms with Gasteiger partial charge in [-0.05, 0) is 35.2 Å². The molecule has 0 fully saturated rings. The number of phenols is 1. The van der Waals surface area contributed by atoms with Gasteiger partial charge in [0.05, 0.1) is 6.04 Å². The van der Waals surface area contributed by atoms with Crippen LogP contribution in [0.4, 0.5) is 0 Å². The highest BCUT2D eigenvalue weighted by Gasteiger charge is 2.30. The van der Waals surface area contributed by atoms with Crippen molar-refractivity contribution in [1.29, 1.82) is 0 Å². The molecule has 2 aromatic carbocycles. The topological polar surface area (TPSA) is 187 Å². The number of benzene rings is 2. The van der Waals surface area contributed by atoms with Crippen LogP contribution in [0.1, 0.15) is 31.4 Å². The van der Waals surface area contributed by atoms with Crippen LogP contribution in [0.3, 0.4) is 0 Å². The number of nitrogens with one attached hydrogen (secondary N) is 4. The van der Waals surface area contributed by atoms with E-state index in [0.29, 0.717) is 12.0 Å². The van der Waals surface area contributed by atoms with E-state index in [-0.39, 0.29) is 24.5 Å². The van der Waals surface area contributed by atoms with E-state index in [0.717, 1.165) is 16.5 Å². The van der Waals surface area contributed by atoms with Crippen LogP contribution in [0.25, 0.3) is 10.9 Å². The quantitative estimate of drug-likeness (QED) is 0.171. The molecule has 4 unspecified atom stereocenters. The number of carbonyl (C=O) groups excluding carboxylic acids is 3. The Morgan fingerprint density at radius 2 is 1.56 bits per heavy atom. The van der Waals surface area contributed by atoms with Crippen molar-refractivity contribution < 1.29 is 29.4 Å². The van der Waals surface area contributed by atoms with Crippen molar-refractivity contribution in [3.63, 3.8) is 0 Å². The Morgan fingerprint density at radius 3 is 2.23 bits per heavy atom. The van der Waals surface area contributed by atoms with Crippen LogP contribution in [-0.4, -0.2) is 63.6 Å². The highest BCUT2D eigenvalue weighted by Crippen LogP contribution is 2.20. The van der Waals surface area contributed by atoms with Crippen LogP contribution in [0.2, 0.25) is 0 Å². The van der Waals surface area contributed by atoms with Gasteiger partial charge in [0, 0.05) is 29.9 Å². The zero-order valence-corrected chi connectivity index (χ0v) is 21.9. The summed E-state index contributed by atoms with van der Waals surface area (Å²) < 4.78 is 0. The van der Waals surface area contributed by atoms with Crippen LogP contribution in [0, 0.1) is 5.92 Å². The third-order valence-electron chi connectivity index (χ3n) is 6.71. The molecule has 39 heavy (non-hydrogen) atoms. The highest BCUT2D eigenvalue weighted by atomic mass is 16.4. The second kappa shape index (κ2) is 13.4. The van der Waals surface area contributed by atoms with Gasteiger partial charge in [-0.2, -0.15) is 0 Å². The van der Waals surface area contributed by atoms with Gasteiger partial charge in [0.1, 0.15) is 24.4 Å². The Labute approximate surface area is 226 Å². The Hall–Kier alpha value is -4.38. The average molecular weight is 538 g/mol. The number of carboxylic acids is 1. The predicted molar refractivity (Wildman–Crippen MR) is 146 cm³/mol. The van der Waals surface area contributed by atoms with E-state index in [2.05, 4.69) is 20.9 Å². The minimum Gasteiger partial charge on any atom is -0.508 e. The van der Waals surface area contributed by atoms with Crippen LogP contribution in [0.5, 0.6) is 5.75 Å². The number of carboxylic acid groups (broad SMARTS) is 1. The molecule has 1 aromatic heterocycles. The van der Waals surface area contributed by atoms with Crippen molar-refractivity contribution in [2.45, 2.75) is 51.2 Å². The number of para-hydroxylation sites is 1. The third-order valence-corrected chi connectivity index (χ3v) is 6.71. The molecule has 1 heterocycles. The molecule has 0 saturated heterocycles. The number of amides is 3. The lowest BCUT2D eigenvalue weighted by atomic mass is 9.98. The fourth-order valence-corrected chi connectivity index (χ4v) is 4.15. The van der Waals surface area contributed by atoms with Crippen molar-refractivity contribution in [2.75, 3.05) is 6.54 Å². The maximum Gasteiger partial charge on any atom is 0.322 e. The first-order chi connectivity index (χ1) is 18.6. The largest absolute Gasteiger partial charge is 0.508 e. The molecule has 0 spiro atoms. The molecule has 0 radical (unpaired) electrons. The number of hydrogen-bond acceptors (Lipinski definition) is 6. The fourth-order valence-electron chi connectivity index (χ4n) is 4.15. The molecule has 0 bridgehead atoms. The number of carbonyl (C=O) groups is 4. The van der Waals surface area contributed by atoms with Gasteiger partial charge >= 0.3 is 5.97 Å². The normalized spacial score (nSPS) is 14.1. The first kappa shape index (κ1) is 29.2. The molecular weight excluding hydrogens is 502 g/mol. The summed E-state index contributed by atoms with van der Waals surface area (Å²) in [6, 6.07) is 10.6. The smallest absolute Gasteiger partial charge is 0.322 e. The molecule has 8 N–H and O–H groups in total. The first-order valence-corrected chi connectivity index (χ1v) is 12.8. The number of aromatic hydroxyl groups is 1. The molecule has 0 saturated carbocycles. The monoisotopic (exact) mass is 537 g/mol. The summed E-state index contributed by atoms with van der Waals surface area (Å²) in [6.07, 6.45) is 2.58. The van der Waals surface area contributed by atoms with Gasteiger partial charge in [-0.1, -0.05) is 50.6 Å².